The molecule has 1 saturated heterocycles. The Morgan fingerprint density at radius 3 is 2.56 bits per heavy atom. The summed E-state index contributed by atoms with van der Waals surface area (Å²) in [5.41, 5.74) is 0.546. The SMILES string of the molecule is CN(Cc1ccccc1OC(F)(F)F)C1CNC1. The second kappa shape index (κ2) is 5.16. The number of halogens is 3. The van der Waals surface area contributed by atoms with E-state index < -0.39 is 6.36 Å². The van der Waals surface area contributed by atoms with E-state index in [0.29, 0.717) is 18.2 Å². The molecule has 1 heterocycles. The summed E-state index contributed by atoms with van der Waals surface area (Å²) in [6.45, 7) is 2.19. The second-order valence-corrected chi connectivity index (χ2v) is 4.38. The lowest BCUT2D eigenvalue weighted by atomic mass is 10.1. The molecule has 100 valence electrons. The number of ether oxygens (including phenoxy) is 1. The molecule has 0 spiro atoms. The van der Waals surface area contributed by atoms with Gasteiger partial charge in [-0.2, -0.15) is 0 Å². The van der Waals surface area contributed by atoms with Crippen molar-refractivity contribution in [3.05, 3.63) is 29.8 Å². The van der Waals surface area contributed by atoms with Crippen molar-refractivity contribution in [3.63, 3.8) is 0 Å². The van der Waals surface area contributed by atoms with Crippen LogP contribution in [0, 0.1) is 0 Å². The van der Waals surface area contributed by atoms with Crippen molar-refractivity contribution in [2.75, 3.05) is 20.1 Å². The van der Waals surface area contributed by atoms with Crippen LogP contribution < -0.4 is 10.1 Å². The van der Waals surface area contributed by atoms with Crippen LogP contribution in [-0.4, -0.2) is 37.4 Å². The monoisotopic (exact) mass is 260 g/mol. The minimum Gasteiger partial charge on any atom is -0.405 e. The first-order valence-electron chi connectivity index (χ1n) is 5.70. The molecule has 0 atom stereocenters. The highest BCUT2D eigenvalue weighted by molar-refractivity contribution is 5.33. The highest BCUT2D eigenvalue weighted by atomic mass is 19.4. The van der Waals surface area contributed by atoms with E-state index in [1.807, 2.05) is 11.9 Å². The van der Waals surface area contributed by atoms with Crippen molar-refractivity contribution >= 4 is 0 Å². The van der Waals surface area contributed by atoms with Crippen LogP contribution >= 0.6 is 0 Å². The Bertz CT molecular complexity index is 405. The topological polar surface area (TPSA) is 24.5 Å². The summed E-state index contributed by atoms with van der Waals surface area (Å²) in [5, 5.41) is 3.13. The number of alkyl halides is 3. The van der Waals surface area contributed by atoms with E-state index >= 15 is 0 Å². The highest BCUT2D eigenvalue weighted by Gasteiger charge is 2.32. The summed E-state index contributed by atoms with van der Waals surface area (Å²) < 4.78 is 40.8. The maximum atomic E-state index is 12.2. The lowest BCUT2D eigenvalue weighted by Gasteiger charge is -2.35. The molecule has 1 N–H and O–H groups in total. The fourth-order valence-electron chi connectivity index (χ4n) is 1.84. The van der Waals surface area contributed by atoms with Crippen LogP contribution in [0.5, 0.6) is 5.75 Å². The first kappa shape index (κ1) is 13.2. The van der Waals surface area contributed by atoms with E-state index in [0.717, 1.165) is 13.1 Å². The third-order valence-electron chi connectivity index (χ3n) is 3.00. The van der Waals surface area contributed by atoms with Gasteiger partial charge in [-0.25, -0.2) is 0 Å². The summed E-state index contributed by atoms with van der Waals surface area (Å²) >= 11 is 0. The molecule has 6 heteroatoms. The van der Waals surface area contributed by atoms with E-state index in [9.17, 15) is 13.2 Å². The number of hydrogen-bond donors (Lipinski definition) is 1. The lowest BCUT2D eigenvalue weighted by Crippen LogP contribution is -2.55. The molecule has 1 aromatic rings. The van der Waals surface area contributed by atoms with Crippen molar-refractivity contribution in [2.45, 2.75) is 18.9 Å². The van der Waals surface area contributed by atoms with Gasteiger partial charge in [0.15, 0.2) is 0 Å². The van der Waals surface area contributed by atoms with Crippen LogP contribution in [0.1, 0.15) is 5.56 Å². The summed E-state index contributed by atoms with van der Waals surface area (Å²) in [7, 11) is 1.90. The number of nitrogens with one attached hydrogen (secondary N) is 1. The Kier molecular flexibility index (Phi) is 3.77. The van der Waals surface area contributed by atoms with Crippen LogP contribution in [0.3, 0.4) is 0 Å². The fraction of sp³-hybridized carbons (Fsp3) is 0.500. The third kappa shape index (κ3) is 3.36. The molecule has 18 heavy (non-hydrogen) atoms. The van der Waals surface area contributed by atoms with Crippen LogP contribution in [0.2, 0.25) is 0 Å². The number of rotatable bonds is 4. The van der Waals surface area contributed by atoms with Gasteiger partial charge in [0, 0.05) is 31.2 Å². The van der Waals surface area contributed by atoms with E-state index in [4.69, 9.17) is 0 Å². The Morgan fingerprint density at radius 1 is 1.33 bits per heavy atom. The molecular formula is C12H15F3N2O. The Balaban J connectivity index is 2.06. The van der Waals surface area contributed by atoms with Gasteiger partial charge >= 0.3 is 6.36 Å². The van der Waals surface area contributed by atoms with Gasteiger partial charge < -0.3 is 10.1 Å². The van der Waals surface area contributed by atoms with Crippen LogP contribution in [0.15, 0.2) is 24.3 Å². The molecule has 0 unspecified atom stereocenters. The van der Waals surface area contributed by atoms with Crippen molar-refractivity contribution < 1.29 is 17.9 Å². The van der Waals surface area contributed by atoms with Crippen molar-refractivity contribution in [2.24, 2.45) is 0 Å². The molecule has 3 nitrogen and oxygen atoms in total. The Labute approximate surface area is 104 Å². The zero-order valence-corrected chi connectivity index (χ0v) is 10.00. The van der Waals surface area contributed by atoms with Crippen LogP contribution in [-0.2, 0) is 6.54 Å². The maximum Gasteiger partial charge on any atom is 0.573 e. The summed E-state index contributed by atoms with van der Waals surface area (Å²) in [5.74, 6) is -0.121. The van der Waals surface area contributed by atoms with Gasteiger partial charge in [0.25, 0.3) is 0 Å². The maximum absolute atomic E-state index is 12.2. The summed E-state index contributed by atoms with van der Waals surface area (Å²) in [6.07, 6.45) is -4.65. The molecule has 0 radical (unpaired) electrons. The standard InChI is InChI=1S/C12H15F3N2O/c1-17(10-6-16-7-10)8-9-4-2-3-5-11(9)18-12(13,14)15/h2-5,10,16H,6-8H2,1H3. The van der Waals surface area contributed by atoms with Gasteiger partial charge in [0.05, 0.1) is 0 Å². The van der Waals surface area contributed by atoms with Crippen LogP contribution in [0.25, 0.3) is 0 Å². The van der Waals surface area contributed by atoms with E-state index in [1.165, 1.54) is 12.1 Å². The average Bonchev–Trinajstić information content (AvgIpc) is 2.16. The van der Waals surface area contributed by atoms with Gasteiger partial charge in [-0.3, -0.25) is 4.90 Å². The van der Waals surface area contributed by atoms with E-state index in [-0.39, 0.29) is 5.75 Å². The van der Waals surface area contributed by atoms with Crippen molar-refractivity contribution in [1.29, 1.82) is 0 Å². The zero-order chi connectivity index (χ0) is 13.2. The van der Waals surface area contributed by atoms with E-state index in [2.05, 4.69) is 10.1 Å². The molecule has 1 fully saturated rings. The average molecular weight is 260 g/mol. The Hall–Kier alpha value is -1.27. The van der Waals surface area contributed by atoms with Gasteiger partial charge in [-0.05, 0) is 13.1 Å². The molecule has 1 aromatic carbocycles. The number of likely N-dealkylation sites (N-methyl/N-ethyl adjacent to an activating group) is 1. The molecule has 1 aliphatic heterocycles. The van der Waals surface area contributed by atoms with E-state index in [1.54, 1.807) is 12.1 Å². The first-order valence-corrected chi connectivity index (χ1v) is 5.70. The minimum atomic E-state index is -4.65. The predicted molar refractivity (Wildman–Crippen MR) is 61.2 cm³/mol. The van der Waals surface area contributed by atoms with Gasteiger partial charge in [-0.15, -0.1) is 13.2 Å². The van der Waals surface area contributed by atoms with Gasteiger partial charge in [0.1, 0.15) is 5.75 Å². The fourth-order valence-corrected chi connectivity index (χ4v) is 1.84. The highest BCUT2D eigenvalue weighted by Crippen LogP contribution is 2.27. The molecule has 0 bridgehead atoms. The third-order valence-corrected chi connectivity index (χ3v) is 3.00. The quantitative estimate of drug-likeness (QED) is 0.896. The predicted octanol–water partition coefficient (Wildman–Crippen LogP) is 1.99. The molecule has 0 saturated carbocycles. The minimum absolute atomic E-state index is 0.121. The molecule has 0 aromatic heterocycles. The number of nitrogens with zero attached hydrogens (tertiary/aromatic N) is 1. The largest absolute Gasteiger partial charge is 0.573 e. The second-order valence-electron chi connectivity index (χ2n) is 4.38. The molecule has 1 aliphatic rings. The zero-order valence-electron chi connectivity index (χ0n) is 10.00. The molecule has 0 amide bonds. The molecular weight excluding hydrogens is 245 g/mol. The van der Waals surface area contributed by atoms with Gasteiger partial charge in [0.2, 0.25) is 0 Å². The number of para-hydroxylation sites is 1. The molecule has 2 rings (SSSR count). The Morgan fingerprint density at radius 2 is 2.00 bits per heavy atom. The molecule has 0 aliphatic carbocycles. The van der Waals surface area contributed by atoms with Crippen molar-refractivity contribution in [1.82, 2.24) is 10.2 Å². The smallest absolute Gasteiger partial charge is 0.405 e. The van der Waals surface area contributed by atoms with Crippen LogP contribution in [0.4, 0.5) is 13.2 Å². The summed E-state index contributed by atoms with van der Waals surface area (Å²) in [4.78, 5) is 2.02. The number of benzene rings is 1. The number of hydrogen-bond acceptors (Lipinski definition) is 3. The first-order chi connectivity index (χ1) is 8.46. The summed E-state index contributed by atoms with van der Waals surface area (Å²) in [6, 6.07) is 6.63. The van der Waals surface area contributed by atoms with Crippen molar-refractivity contribution in [3.8, 4) is 5.75 Å². The normalized spacial score (nSPS) is 16.7. The van der Waals surface area contributed by atoms with Gasteiger partial charge in [-0.1, -0.05) is 18.2 Å². The lowest BCUT2D eigenvalue weighted by molar-refractivity contribution is -0.275.